The van der Waals surface area contributed by atoms with Gasteiger partial charge in [-0.3, -0.25) is 4.90 Å². The van der Waals surface area contributed by atoms with Gasteiger partial charge in [0, 0.05) is 20.2 Å². The standard InChI is InChI=1S/C16H24BrNO3/c1-3-21-15-8-13(7-14(17)16(15)19)10-18-6-4-5-12(9-18)11-20-2/h7-8,12,19H,3-6,9-11H2,1-2H3. The van der Waals surface area contributed by atoms with E-state index in [0.717, 1.165) is 31.8 Å². The number of hydrogen-bond donors (Lipinski definition) is 1. The largest absolute Gasteiger partial charge is 0.503 e. The van der Waals surface area contributed by atoms with Crippen LogP contribution in [0.1, 0.15) is 25.3 Å². The predicted molar refractivity (Wildman–Crippen MR) is 86.9 cm³/mol. The summed E-state index contributed by atoms with van der Waals surface area (Å²) >= 11 is 3.40. The van der Waals surface area contributed by atoms with E-state index in [-0.39, 0.29) is 5.75 Å². The lowest BCUT2D eigenvalue weighted by atomic mass is 9.98. The zero-order valence-electron chi connectivity index (χ0n) is 12.8. The smallest absolute Gasteiger partial charge is 0.172 e. The van der Waals surface area contributed by atoms with Crippen molar-refractivity contribution < 1.29 is 14.6 Å². The summed E-state index contributed by atoms with van der Waals surface area (Å²) in [6, 6.07) is 3.90. The fourth-order valence-electron chi connectivity index (χ4n) is 2.91. The number of methoxy groups -OCH3 is 1. The summed E-state index contributed by atoms with van der Waals surface area (Å²) in [5.41, 5.74) is 1.15. The van der Waals surface area contributed by atoms with Crippen LogP contribution in [0.5, 0.6) is 11.5 Å². The van der Waals surface area contributed by atoms with Gasteiger partial charge in [-0.2, -0.15) is 0 Å². The van der Waals surface area contributed by atoms with Crippen molar-refractivity contribution in [1.29, 1.82) is 0 Å². The molecule has 1 unspecified atom stereocenters. The van der Waals surface area contributed by atoms with E-state index in [2.05, 4.69) is 20.8 Å². The molecule has 0 aromatic heterocycles. The topological polar surface area (TPSA) is 41.9 Å². The van der Waals surface area contributed by atoms with Crippen LogP contribution < -0.4 is 4.74 Å². The van der Waals surface area contributed by atoms with Crippen molar-refractivity contribution >= 4 is 15.9 Å². The predicted octanol–water partition coefficient (Wildman–Crippen LogP) is 3.41. The minimum absolute atomic E-state index is 0.177. The van der Waals surface area contributed by atoms with Crippen LogP contribution in [0.25, 0.3) is 0 Å². The lowest BCUT2D eigenvalue weighted by molar-refractivity contribution is 0.0873. The Kier molecular flexibility index (Phi) is 6.33. The zero-order chi connectivity index (χ0) is 15.2. The number of benzene rings is 1. The normalized spacial score (nSPS) is 19.7. The lowest BCUT2D eigenvalue weighted by Gasteiger charge is -2.32. The molecule has 1 aliphatic heterocycles. The molecule has 1 aliphatic rings. The third kappa shape index (κ3) is 4.59. The third-order valence-corrected chi connectivity index (χ3v) is 4.40. The summed E-state index contributed by atoms with van der Waals surface area (Å²) in [7, 11) is 1.77. The minimum atomic E-state index is 0.177. The molecule has 0 aliphatic carbocycles. The molecule has 0 saturated carbocycles. The number of nitrogens with zero attached hydrogens (tertiary/aromatic N) is 1. The average molecular weight is 358 g/mol. The van der Waals surface area contributed by atoms with Crippen LogP contribution >= 0.6 is 15.9 Å². The van der Waals surface area contributed by atoms with Gasteiger partial charge in [-0.15, -0.1) is 0 Å². The molecule has 1 N–H and O–H groups in total. The van der Waals surface area contributed by atoms with Gasteiger partial charge in [0.15, 0.2) is 11.5 Å². The Morgan fingerprint density at radius 2 is 2.24 bits per heavy atom. The van der Waals surface area contributed by atoms with Crippen LogP contribution in [-0.2, 0) is 11.3 Å². The molecule has 0 bridgehead atoms. The maximum Gasteiger partial charge on any atom is 0.172 e. The number of hydrogen-bond acceptors (Lipinski definition) is 4. The van der Waals surface area contributed by atoms with E-state index in [0.29, 0.717) is 22.7 Å². The van der Waals surface area contributed by atoms with E-state index >= 15 is 0 Å². The first-order valence-corrected chi connectivity index (χ1v) is 8.28. The number of phenols is 1. The van der Waals surface area contributed by atoms with Crippen molar-refractivity contribution in [1.82, 2.24) is 4.90 Å². The van der Waals surface area contributed by atoms with E-state index in [1.807, 2.05) is 19.1 Å². The van der Waals surface area contributed by atoms with Crippen LogP contribution in [0.15, 0.2) is 16.6 Å². The van der Waals surface area contributed by atoms with E-state index in [9.17, 15) is 5.11 Å². The molecular formula is C16H24BrNO3. The first kappa shape index (κ1) is 16.6. The molecule has 1 aromatic carbocycles. The highest BCUT2D eigenvalue weighted by molar-refractivity contribution is 9.10. The summed E-state index contributed by atoms with van der Waals surface area (Å²) in [6.45, 7) is 6.35. The van der Waals surface area contributed by atoms with E-state index < -0.39 is 0 Å². The number of rotatable bonds is 6. The van der Waals surface area contributed by atoms with Gasteiger partial charge < -0.3 is 14.6 Å². The first-order chi connectivity index (χ1) is 10.1. The highest BCUT2D eigenvalue weighted by atomic mass is 79.9. The van der Waals surface area contributed by atoms with Gasteiger partial charge in [0.2, 0.25) is 0 Å². The second-order valence-corrected chi connectivity index (χ2v) is 6.41. The average Bonchev–Trinajstić information content (AvgIpc) is 2.45. The Bertz CT molecular complexity index is 465. The Labute approximate surface area is 135 Å². The number of ether oxygens (including phenoxy) is 2. The van der Waals surface area contributed by atoms with Gasteiger partial charge in [-0.25, -0.2) is 0 Å². The van der Waals surface area contributed by atoms with Crippen molar-refractivity contribution in [3.8, 4) is 11.5 Å². The molecule has 1 saturated heterocycles. The molecular weight excluding hydrogens is 334 g/mol. The van der Waals surface area contributed by atoms with Crippen molar-refractivity contribution in [2.45, 2.75) is 26.3 Å². The number of likely N-dealkylation sites (tertiary alicyclic amines) is 1. The van der Waals surface area contributed by atoms with E-state index in [4.69, 9.17) is 9.47 Å². The van der Waals surface area contributed by atoms with Gasteiger partial charge in [0.05, 0.1) is 17.7 Å². The van der Waals surface area contributed by atoms with Crippen LogP contribution in [0.2, 0.25) is 0 Å². The monoisotopic (exact) mass is 357 g/mol. The maximum atomic E-state index is 9.97. The molecule has 0 radical (unpaired) electrons. The third-order valence-electron chi connectivity index (χ3n) is 3.80. The fourth-order valence-corrected chi connectivity index (χ4v) is 3.40. The maximum absolute atomic E-state index is 9.97. The lowest BCUT2D eigenvalue weighted by Crippen LogP contribution is -2.36. The first-order valence-electron chi connectivity index (χ1n) is 7.49. The molecule has 1 fully saturated rings. The molecule has 1 aromatic rings. The molecule has 4 nitrogen and oxygen atoms in total. The van der Waals surface area contributed by atoms with E-state index in [1.165, 1.54) is 12.8 Å². The SMILES string of the molecule is CCOc1cc(CN2CCCC(COC)C2)cc(Br)c1O. The highest BCUT2D eigenvalue weighted by Crippen LogP contribution is 2.36. The molecule has 118 valence electrons. The molecule has 0 amide bonds. The van der Waals surface area contributed by atoms with Crippen LogP contribution in [0, 0.1) is 5.92 Å². The number of aromatic hydroxyl groups is 1. The van der Waals surface area contributed by atoms with Gasteiger partial charge in [0.1, 0.15) is 0 Å². The second-order valence-electron chi connectivity index (χ2n) is 5.56. The van der Waals surface area contributed by atoms with Crippen molar-refractivity contribution in [2.75, 3.05) is 33.4 Å². The van der Waals surface area contributed by atoms with Crippen LogP contribution in [0.3, 0.4) is 0 Å². The Morgan fingerprint density at radius 3 is 2.95 bits per heavy atom. The van der Waals surface area contributed by atoms with Crippen molar-refractivity contribution in [3.63, 3.8) is 0 Å². The minimum Gasteiger partial charge on any atom is -0.503 e. The summed E-state index contributed by atoms with van der Waals surface area (Å²) in [5.74, 6) is 1.35. The second kappa shape index (κ2) is 8.01. The molecule has 1 heterocycles. The summed E-state index contributed by atoms with van der Waals surface area (Å²) in [5, 5.41) is 9.97. The number of piperidine rings is 1. The molecule has 1 atom stereocenters. The number of phenolic OH excluding ortho intramolecular Hbond substituents is 1. The van der Waals surface area contributed by atoms with Gasteiger partial charge in [-0.05, 0) is 65.9 Å². The molecule has 0 spiro atoms. The highest BCUT2D eigenvalue weighted by Gasteiger charge is 2.20. The summed E-state index contributed by atoms with van der Waals surface area (Å²) in [4.78, 5) is 2.45. The van der Waals surface area contributed by atoms with Crippen LogP contribution in [0.4, 0.5) is 0 Å². The Morgan fingerprint density at radius 1 is 1.43 bits per heavy atom. The zero-order valence-corrected chi connectivity index (χ0v) is 14.4. The molecule has 21 heavy (non-hydrogen) atoms. The molecule has 2 rings (SSSR count). The molecule has 5 heteroatoms. The van der Waals surface area contributed by atoms with Crippen LogP contribution in [-0.4, -0.2) is 43.4 Å². The van der Waals surface area contributed by atoms with E-state index in [1.54, 1.807) is 7.11 Å². The Balaban J connectivity index is 2.05. The number of halogens is 1. The summed E-state index contributed by atoms with van der Waals surface area (Å²) < 4.78 is 11.5. The van der Waals surface area contributed by atoms with Gasteiger partial charge >= 0.3 is 0 Å². The fraction of sp³-hybridized carbons (Fsp3) is 0.625. The summed E-state index contributed by atoms with van der Waals surface area (Å²) in [6.07, 6.45) is 2.46. The van der Waals surface area contributed by atoms with Gasteiger partial charge in [-0.1, -0.05) is 0 Å². The van der Waals surface area contributed by atoms with Gasteiger partial charge in [0.25, 0.3) is 0 Å². The quantitative estimate of drug-likeness (QED) is 0.846. The van der Waals surface area contributed by atoms with Crippen molar-refractivity contribution in [2.24, 2.45) is 5.92 Å². The Hall–Kier alpha value is -0.780. The van der Waals surface area contributed by atoms with Crippen molar-refractivity contribution in [3.05, 3.63) is 22.2 Å².